The molecule has 3 aliphatic rings. The number of hydrogen-bond donors (Lipinski definition) is 2. The van der Waals surface area contributed by atoms with E-state index in [0.29, 0.717) is 46.8 Å². The van der Waals surface area contributed by atoms with Crippen LogP contribution in [0.25, 0.3) is 0 Å². The first-order valence-corrected chi connectivity index (χ1v) is 15.6. The van der Waals surface area contributed by atoms with Gasteiger partial charge in [0.05, 0.1) is 5.41 Å². The fraction of sp³-hybridized carbons (Fsp3) is 0.639. The molecule has 0 saturated heterocycles. The van der Waals surface area contributed by atoms with Crippen LogP contribution in [-0.2, 0) is 9.59 Å². The van der Waals surface area contributed by atoms with Crippen LogP contribution in [-0.4, -0.2) is 33.2 Å². The normalized spacial score (nSPS) is 27.7. The van der Waals surface area contributed by atoms with Crippen molar-refractivity contribution in [2.45, 2.75) is 113 Å². The molecule has 2 N–H and O–H groups in total. The number of benzene rings is 1. The third kappa shape index (κ3) is 4.46. The summed E-state index contributed by atoms with van der Waals surface area (Å²) in [7, 11) is 0. The summed E-state index contributed by atoms with van der Waals surface area (Å²) in [5, 5.41) is 23.9. The van der Waals surface area contributed by atoms with E-state index in [1.807, 2.05) is 54.5 Å². The lowest BCUT2D eigenvalue weighted by Crippen LogP contribution is -2.49. The van der Waals surface area contributed by atoms with Crippen molar-refractivity contribution in [1.82, 2.24) is 0 Å². The van der Waals surface area contributed by atoms with E-state index in [1.54, 1.807) is 20.8 Å². The molecule has 0 aromatic heterocycles. The fourth-order valence-corrected chi connectivity index (χ4v) is 7.45. The molecule has 6 heteroatoms. The molecule has 0 spiro atoms. The standard InChI is InChI=1S/C36H50O6/c1-13-19(6)28(37)27-29(38)25-22-16-21(17(2)3)14-15-36(22,12)42-31(25)26(30(27)39)23(18(4)5)24-20(7)34(8,9)33(41)35(10,11)32(24)40/h14-15,17-19,21-23,38-39H,13,16H2,1-12H3/t19?,21-,22-,23-,36-/m1/s1. The number of Topliss-reactive ketones (excluding diaryl/α,β-unsaturated/α-hetero) is 3. The van der Waals surface area contributed by atoms with E-state index in [0.717, 1.165) is 0 Å². The van der Waals surface area contributed by atoms with Crippen molar-refractivity contribution in [3.63, 3.8) is 0 Å². The first kappa shape index (κ1) is 32.0. The number of aromatic hydroxyl groups is 2. The fourth-order valence-electron chi connectivity index (χ4n) is 7.45. The van der Waals surface area contributed by atoms with Crippen molar-refractivity contribution in [2.75, 3.05) is 0 Å². The Hall–Kier alpha value is -2.89. The van der Waals surface area contributed by atoms with Gasteiger partial charge in [-0.25, -0.2) is 0 Å². The molecule has 0 bridgehead atoms. The quantitative estimate of drug-likeness (QED) is 0.193. The van der Waals surface area contributed by atoms with Crippen LogP contribution in [0.4, 0.5) is 0 Å². The SMILES string of the molecule is CCC(C)C(=O)c1c(O)c([C@@H](C2=C(C)C(C)(C)C(=O)C(C)(C)C2=O)C(C)C)c2c(c1O)[C@H]1C[C@H](C(C)C)C=C[C@@]1(C)O2. The summed E-state index contributed by atoms with van der Waals surface area (Å²) in [6, 6.07) is 0. The zero-order valence-corrected chi connectivity index (χ0v) is 27.6. The number of fused-ring (bicyclic) bond motifs is 3. The lowest BCUT2D eigenvalue weighted by molar-refractivity contribution is -0.143. The Morgan fingerprint density at radius 3 is 2.12 bits per heavy atom. The van der Waals surface area contributed by atoms with Gasteiger partial charge in [0.1, 0.15) is 28.4 Å². The second-order valence-electron chi connectivity index (χ2n) is 14.9. The van der Waals surface area contributed by atoms with Gasteiger partial charge >= 0.3 is 0 Å². The largest absolute Gasteiger partial charge is 0.507 e. The Labute approximate surface area is 251 Å². The maximum Gasteiger partial charge on any atom is 0.173 e. The second-order valence-corrected chi connectivity index (χ2v) is 14.9. The van der Waals surface area contributed by atoms with Gasteiger partial charge < -0.3 is 14.9 Å². The first-order chi connectivity index (χ1) is 19.2. The molecule has 0 amide bonds. The molecule has 5 atom stereocenters. The lowest BCUT2D eigenvalue weighted by atomic mass is 9.57. The minimum Gasteiger partial charge on any atom is -0.507 e. The molecule has 230 valence electrons. The van der Waals surface area contributed by atoms with Gasteiger partial charge in [-0.05, 0) is 78.2 Å². The van der Waals surface area contributed by atoms with Gasteiger partial charge in [0.15, 0.2) is 17.3 Å². The van der Waals surface area contributed by atoms with Gasteiger partial charge in [0, 0.05) is 39.9 Å². The highest BCUT2D eigenvalue weighted by Gasteiger charge is 2.56. The Balaban J connectivity index is 2.13. The van der Waals surface area contributed by atoms with E-state index >= 15 is 0 Å². The van der Waals surface area contributed by atoms with Crippen LogP contribution < -0.4 is 4.74 Å². The van der Waals surface area contributed by atoms with Crippen LogP contribution in [0, 0.1) is 34.5 Å². The Morgan fingerprint density at radius 2 is 1.60 bits per heavy atom. The molecule has 1 aliphatic heterocycles. The van der Waals surface area contributed by atoms with E-state index in [9.17, 15) is 24.6 Å². The van der Waals surface area contributed by atoms with Crippen LogP contribution in [0.3, 0.4) is 0 Å². The molecular formula is C36H50O6. The third-order valence-electron chi connectivity index (χ3n) is 10.8. The first-order valence-electron chi connectivity index (χ1n) is 15.6. The van der Waals surface area contributed by atoms with Crippen molar-refractivity contribution < 1.29 is 29.3 Å². The van der Waals surface area contributed by atoms with Crippen molar-refractivity contribution in [3.8, 4) is 17.2 Å². The van der Waals surface area contributed by atoms with E-state index < -0.39 is 28.3 Å². The molecule has 42 heavy (non-hydrogen) atoms. The molecule has 2 aliphatic carbocycles. The topological polar surface area (TPSA) is 101 Å². The van der Waals surface area contributed by atoms with E-state index in [4.69, 9.17) is 4.74 Å². The Bertz CT molecular complexity index is 1400. The van der Waals surface area contributed by atoms with Crippen LogP contribution in [0.1, 0.15) is 129 Å². The van der Waals surface area contributed by atoms with Gasteiger partial charge in [-0.15, -0.1) is 0 Å². The Kier molecular flexibility index (Phi) is 7.92. The molecular weight excluding hydrogens is 528 g/mol. The average molecular weight is 579 g/mol. The zero-order chi connectivity index (χ0) is 31.9. The maximum atomic E-state index is 14.2. The minimum atomic E-state index is -1.26. The number of carbonyl (C=O) groups is 3. The van der Waals surface area contributed by atoms with Crippen molar-refractivity contribution in [3.05, 3.63) is 40.0 Å². The van der Waals surface area contributed by atoms with Crippen LogP contribution in [0.15, 0.2) is 23.3 Å². The van der Waals surface area contributed by atoms with Crippen molar-refractivity contribution >= 4 is 17.3 Å². The summed E-state index contributed by atoms with van der Waals surface area (Å²) >= 11 is 0. The molecule has 0 fully saturated rings. The van der Waals surface area contributed by atoms with Crippen LogP contribution >= 0.6 is 0 Å². The summed E-state index contributed by atoms with van der Waals surface area (Å²) in [4.78, 5) is 41.6. The molecule has 1 unspecified atom stereocenters. The predicted octanol–water partition coefficient (Wildman–Crippen LogP) is 8.05. The summed E-state index contributed by atoms with van der Waals surface area (Å²) in [5.41, 5.74) is -1.02. The summed E-state index contributed by atoms with van der Waals surface area (Å²) < 4.78 is 6.74. The third-order valence-corrected chi connectivity index (χ3v) is 10.8. The second kappa shape index (κ2) is 10.4. The molecule has 4 rings (SSSR count). The zero-order valence-electron chi connectivity index (χ0n) is 27.6. The summed E-state index contributed by atoms with van der Waals surface area (Å²) in [5.74, 6) is -1.88. The van der Waals surface area contributed by atoms with Crippen LogP contribution in [0.5, 0.6) is 17.2 Å². The number of carbonyl (C=O) groups excluding carboxylic acids is 3. The highest BCUT2D eigenvalue weighted by Crippen LogP contribution is 2.62. The minimum absolute atomic E-state index is 0.0941. The molecule has 6 nitrogen and oxygen atoms in total. The number of ketones is 3. The van der Waals surface area contributed by atoms with Crippen molar-refractivity contribution in [1.29, 1.82) is 0 Å². The highest BCUT2D eigenvalue weighted by molar-refractivity contribution is 6.20. The van der Waals surface area contributed by atoms with Gasteiger partial charge in [0.2, 0.25) is 0 Å². The van der Waals surface area contributed by atoms with Crippen molar-refractivity contribution in [2.24, 2.45) is 34.5 Å². The van der Waals surface area contributed by atoms with Gasteiger partial charge in [-0.1, -0.05) is 53.2 Å². The molecule has 0 saturated carbocycles. The molecule has 0 radical (unpaired) electrons. The number of phenolic OH excluding ortho intramolecular Hbond substituents is 2. The number of ether oxygens (including phenoxy) is 1. The average Bonchev–Trinajstić information content (AvgIpc) is 3.22. The number of hydrogen-bond acceptors (Lipinski definition) is 6. The van der Waals surface area contributed by atoms with Crippen LogP contribution in [0.2, 0.25) is 0 Å². The molecule has 1 aromatic carbocycles. The highest BCUT2D eigenvalue weighted by atomic mass is 16.5. The van der Waals surface area contributed by atoms with E-state index in [1.165, 1.54) is 0 Å². The monoisotopic (exact) mass is 578 g/mol. The number of rotatable bonds is 7. The maximum absolute atomic E-state index is 14.2. The number of allylic oxidation sites excluding steroid dienone is 3. The van der Waals surface area contributed by atoms with E-state index in [2.05, 4.69) is 19.9 Å². The summed E-state index contributed by atoms with van der Waals surface area (Å²) in [6.07, 6.45) is 5.48. The van der Waals surface area contributed by atoms with Gasteiger partial charge in [0.25, 0.3) is 0 Å². The molecule has 1 heterocycles. The van der Waals surface area contributed by atoms with Gasteiger partial charge in [-0.3, -0.25) is 14.4 Å². The Morgan fingerprint density at radius 1 is 1.00 bits per heavy atom. The van der Waals surface area contributed by atoms with E-state index in [-0.39, 0.29) is 52.2 Å². The van der Waals surface area contributed by atoms with Gasteiger partial charge in [-0.2, -0.15) is 0 Å². The smallest absolute Gasteiger partial charge is 0.173 e. The summed E-state index contributed by atoms with van der Waals surface area (Å²) in [6.45, 7) is 22.8. The molecule has 1 aromatic rings. The lowest BCUT2D eigenvalue weighted by Gasteiger charge is -2.43. The number of phenols is 2. The predicted molar refractivity (Wildman–Crippen MR) is 165 cm³/mol.